The predicted molar refractivity (Wildman–Crippen MR) is 67.4 cm³/mol. The van der Waals surface area contributed by atoms with Crippen molar-refractivity contribution in [1.29, 1.82) is 0 Å². The van der Waals surface area contributed by atoms with Crippen molar-refractivity contribution in [3.8, 4) is 0 Å². The Bertz CT molecular complexity index is 382. The summed E-state index contributed by atoms with van der Waals surface area (Å²) in [7, 11) is 0. The fourth-order valence-electron chi connectivity index (χ4n) is 2.59. The largest absolute Gasteiger partial charge is 0.465 e. The number of para-hydroxylation sites is 1. The zero-order chi connectivity index (χ0) is 12.4. The van der Waals surface area contributed by atoms with E-state index in [2.05, 4.69) is 30.9 Å². The Kier molecular flexibility index (Phi) is 3.22. The quantitative estimate of drug-likeness (QED) is 0.810. The third-order valence-electron chi connectivity index (χ3n) is 3.24. The van der Waals surface area contributed by atoms with Crippen molar-refractivity contribution in [3.63, 3.8) is 0 Å². The first-order chi connectivity index (χ1) is 8.09. The molecule has 2 atom stereocenters. The first-order valence-electron chi connectivity index (χ1n) is 5.91. The van der Waals surface area contributed by atoms with Gasteiger partial charge in [-0.1, -0.05) is 18.2 Å². The average Bonchev–Trinajstić information content (AvgIpc) is 2.29. The summed E-state index contributed by atoms with van der Waals surface area (Å²) in [6, 6.07) is 10.6. The number of piperazine rings is 1. The van der Waals surface area contributed by atoms with Crippen LogP contribution < -0.4 is 4.90 Å². The molecule has 0 bridgehead atoms. The van der Waals surface area contributed by atoms with Crippen LogP contribution in [0.3, 0.4) is 0 Å². The summed E-state index contributed by atoms with van der Waals surface area (Å²) in [4.78, 5) is 14.8. The summed E-state index contributed by atoms with van der Waals surface area (Å²) >= 11 is 0. The molecule has 4 heteroatoms. The third kappa shape index (κ3) is 2.35. The number of amides is 1. The van der Waals surface area contributed by atoms with Gasteiger partial charge in [-0.3, -0.25) is 0 Å². The molecule has 0 aromatic heterocycles. The molecule has 1 aromatic carbocycles. The van der Waals surface area contributed by atoms with E-state index < -0.39 is 6.09 Å². The predicted octanol–water partition coefficient (Wildman–Crippen LogP) is 2.26. The number of nitrogens with zero attached hydrogens (tertiary/aromatic N) is 2. The van der Waals surface area contributed by atoms with E-state index in [0.717, 1.165) is 5.69 Å². The normalized spacial score (nSPS) is 24.8. The minimum atomic E-state index is -0.823. The summed E-state index contributed by atoms with van der Waals surface area (Å²) in [5.41, 5.74) is 1.16. The molecule has 1 aliphatic rings. The van der Waals surface area contributed by atoms with Crippen LogP contribution in [-0.2, 0) is 0 Å². The number of carboxylic acid groups (broad SMARTS) is 1. The molecule has 1 aromatic rings. The first-order valence-corrected chi connectivity index (χ1v) is 5.91. The molecule has 1 aliphatic heterocycles. The number of carbonyl (C=O) groups is 1. The van der Waals surface area contributed by atoms with E-state index in [1.54, 1.807) is 0 Å². The van der Waals surface area contributed by atoms with E-state index in [9.17, 15) is 4.79 Å². The molecule has 2 unspecified atom stereocenters. The Balaban J connectivity index is 2.18. The van der Waals surface area contributed by atoms with Crippen molar-refractivity contribution in [2.75, 3.05) is 18.0 Å². The SMILES string of the molecule is CC1CN(C(=O)O)CC(C)N1c1ccccc1. The lowest BCUT2D eigenvalue weighted by molar-refractivity contribution is 0.128. The van der Waals surface area contributed by atoms with E-state index in [0.29, 0.717) is 13.1 Å². The van der Waals surface area contributed by atoms with Crippen molar-refractivity contribution in [3.05, 3.63) is 30.3 Å². The van der Waals surface area contributed by atoms with Gasteiger partial charge in [0.2, 0.25) is 0 Å². The van der Waals surface area contributed by atoms with Crippen molar-refractivity contribution < 1.29 is 9.90 Å². The van der Waals surface area contributed by atoms with Gasteiger partial charge in [-0.15, -0.1) is 0 Å². The Morgan fingerprint density at radius 1 is 1.18 bits per heavy atom. The van der Waals surface area contributed by atoms with Crippen molar-refractivity contribution in [2.45, 2.75) is 25.9 Å². The van der Waals surface area contributed by atoms with E-state index in [-0.39, 0.29) is 12.1 Å². The molecule has 4 nitrogen and oxygen atoms in total. The van der Waals surface area contributed by atoms with E-state index in [1.165, 1.54) is 4.90 Å². The average molecular weight is 234 g/mol. The van der Waals surface area contributed by atoms with Gasteiger partial charge < -0.3 is 14.9 Å². The molecule has 0 radical (unpaired) electrons. The van der Waals surface area contributed by atoms with Crippen LogP contribution in [0.1, 0.15) is 13.8 Å². The number of rotatable bonds is 1. The highest BCUT2D eigenvalue weighted by atomic mass is 16.4. The molecular weight excluding hydrogens is 216 g/mol. The molecule has 0 aliphatic carbocycles. The molecule has 1 saturated heterocycles. The Hall–Kier alpha value is -1.71. The molecule has 1 N–H and O–H groups in total. The number of hydrogen-bond acceptors (Lipinski definition) is 2. The molecule has 17 heavy (non-hydrogen) atoms. The van der Waals surface area contributed by atoms with Gasteiger partial charge in [0, 0.05) is 30.9 Å². The van der Waals surface area contributed by atoms with Gasteiger partial charge in [0.15, 0.2) is 0 Å². The summed E-state index contributed by atoms with van der Waals surface area (Å²) in [6.07, 6.45) is -0.823. The number of benzene rings is 1. The summed E-state index contributed by atoms with van der Waals surface area (Å²) in [5.74, 6) is 0. The van der Waals surface area contributed by atoms with Crippen LogP contribution in [0.15, 0.2) is 30.3 Å². The van der Waals surface area contributed by atoms with Crippen LogP contribution >= 0.6 is 0 Å². The third-order valence-corrected chi connectivity index (χ3v) is 3.24. The Morgan fingerprint density at radius 2 is 1.71 bits per heavy atom. The van der Waals surface area contributed by atoms with Crippen LogP contribution in [0.4, 0.5) is 10.5 Å². The maximum atomic E-state index is 11.0. The highest BCUT2D eigenvalue weighted by Gasteiger charge is 2.31. The van der Waals surface area contributed by atoms with Crippen LogP contribution in [-0.4, -0.2) is 41.3 Å². The maximum Gasteiger partial charge on any atom is 0.407 e. The zero-order valence-corrected chi connectivity index (χ0v) is 10.2. The second-order valence-electron chi connectivity index (χ2n) is 4.63. The second kappa shape index (κ2) is 4.65. The number of hydrogen-bond donors (Lipinski definition) is 1. The van der Waals surface area contributed by atoms with Crippen molar-refractivity contribution in [2.24, 2.45) is 0 Å². The van der Waals surface area contributed by atoms with Gasteiger partial charge in [-0.2, -0.15) is 0 Å². The zero-order valence-electron chi connectivity index (χ0n) is 10.2. The molecule has 0 saturated carbocycles. The molecule has 1 amide bonds. The first kappa shape index (κ1) is 11.8. The van der Waals surface area contributed by atoms with Crippen molar-refractivity contribution in [1.82, 2.24) is 4.90 Å². The molecule has 1 heterocycles. The Labute approximate surface area is 101 Å². The van der Waals surface area contributed by atoms with Crippen LogP contribution in [0.5, 0.6) is 0 Å². The van der Waals surface area contributed by atoms with Crippen LogP contribution in [0.2, 0.25) is 0 Å². The topological polar surface area (TPSA) is 43.8 Å². The Morgan fingerprint density at radius 3 is 2.18 bits per heavy atom. The molecule has 1 fully saturated rings. The summed E-state index contributed by atoms with van der Waals surface area (Å²) < 4.78 is 0. The smallest absolute Gasteiger partial charge is 0.407 e. The highest BCUT2D eigenvalue weighted by molar-refractivity contribution is 5.66. The van der Waals surface area contributed by atoms with E-state index >= 15 is 0 Å². The van der Waals surface area contributed by atoms with Crippen LogP contribution in [0.25, 0.3) is 0 Å². The monoisotopic (exact) mass is 234 g/mol. The minimum Gasteiger partial charge on any atom is -0.465 e. The highest BCUT2D eigenvalue weighted by Crippen LogP contribution is 2.24. The number of anilines is 1. The van der Waals surface area contributed by atoms with Gasteiger partial charge >= 0.3 is 6.09 Å². The fourth-order valence-corrected chi connectivity index (χ4v) is 2.59. The van der Waals surface area contributed by atoms with Gasteiger partial charge in [0.25, 0.3) is 0 Å². The lowest BCUT2D eigenvalue weighted by Crippen LogP contribution is -2.58. The van der Waals surface area contributed by atoms with E-state index in [1.807, 2.05) is 18.2 Å². The summed E-state index contributed by atoms with van der Waals surface area (Å²) in [6.45, 7) is 5.26. The van der Waals surface area contributed by atoms with Gasteiger partial charge in [0.05, 0.1) is 0 Å². The van der Waals surface area contributed by atoms with Gasteiger partial charge in [0.1, 0.15) is 0 Å². The second-order valence-corrected chi connectivity index (χ2v) is 4.63. The maximum absolute atomic E-state index is 11.0. The lowest BCUT2D eigenvalue weighted by Gasteiger charge is -2.44. The minimum absolute atomic E-state index is 0.206. The van der Waals surface area contributed by atoms with Crippen LogP contribution in [0, 0.1) is 0 Å². The molecule has 2 rings (SSSR count). The molecular formula is C13H18N2O2. The van der Waals surface area contributed by atoms with Crippen molar-refractivity contribution >= 4 is 11.8 Å². The van der Waals surface area contributed by atoms with Gasteiger partial charge in [-0.25, -0.2) is 4.79 Å². The van der Waals surface area contributed by atoms with E-state index in [4.69, 9.17) is 5.11 Å². The molecule has 0 spiro atoms. The lowest BCUT2D eigenvalue weighted by atomic mass is 10.1. The standard InChI is InChI=1S/C13H18N2O2/c1-10-8-14(13(16)17)9-11(2)15(10)12-6-4-3-5-7-12/h3-7,10-11H,8-9H2,1-2H3,(H,16,17). The summed E-state index contributed by atoms with van der Waals surface area (Å²) in [5, 5.41) is 9.04. The molecule has 92 valence electrons. The van der Waals surface area contributed by atoms with Gasteiger partial charge in [-0.05, 0) is 26.0 Å². The fraction of sp³-hybridized carbons (Fsp3) is 0.462.